The minimum Gasteiger partial charge on any atom is -0.493 e. The van der Waals surface area contributed by atoms with Crippen LogP contribution in [0.15, 0.2) is 35.4 Å². The molecule has 1 aromatic carbocycles. The van der Waals surface area contributed by atoms with Gasteiger partial charge < -0.3 is 28.2 Å². The highest BCUT2D eigenvalue weighted by atomic mass is 28.3. The molecule has 3 aromatic heterocycles. The lowest BCUT2D eigenvalue weighted by Gasteiger charge is -2.31. The maximum absolute atomic E-state index is 14.2. The molecule has 8 nitrogen and oxygen atoms in total. The number of nitrogens with zero attached hydrogens (tertiary/aromatic N) is 4. The number of fused-ring (bicyclic) bond motifs is 5. The van der Waals surface area contributed by atoms with Crippen molar-refractivity contribution < 1.29 is 14.2 Å². The van der Waals surface area contributed by atoms with E-state index < -0.39 is 8.07 Å². The van der Waals surface area contributed by atoms with E-state index in [4.69, 9.17) is 19.2 Å². The van der Waals surface area contributed by atoms with E-state index in [-0.39, 0.29) is 11.6 Å². The Bertz CT molecular complexity index is 1500. The first-order valence-corrected chi connectivity index (χ1v) is 16.8. The van der Waals surface area contributed by atoms with Gasteiger partial charge in [0, 0.05) is 49.3 Å². The van der Waals surface area contributed by atoms with Crippen molar-refractivity contribution in [3.63, 3.8) is 0 Å². The van der Waals surface area contributed by atoms with Crippen LogP contribution in [0.4, 0.5) is 0 Å². The van der Waals surface area contributed by atoms with E-state index in [0.29, 0.717) is 23.6 Å². The van der Waals surface area contributed by atoms with Gasteiger partial charge in [0.05, 0.1) is 25.1 Å². The zero-order valence-corrected chi connectivity index (χ0v) is 23.8. The van der Waals surface area contributed by atoms with Crippen LogP contribution in [0.25, 0.3) is 32.7 Å². The standard InChI is InChI=1S/C28H38N4O4Si/c1-30-10-7-19(8-11-30)32-26-20-9-12-31(18-36-13-14-37(4,5)6)27(20)29-17-23(26)21-15-24(34-2)25(35-3)16-22(21)28(32)33/h9,12,15-17,19H,7-8,10-11,13-14,18H2,1-6H3. The monoisotopic (exact) mass is 522 g/mol. The summed E-state index contributed by atoms with van der Waals surface area (Å²) in [6.07, 6.45) is 5.77. The smallest absolute Gasteiger partial charge is 0.259 e. The number of methoxy groups -OCH3 is 2. The molecule has 4 heterocycles. The maximum Gasteiger partial charge on any atom is 0.259 e. The molecule has 0 N–H and O–H groups in total. The summed E-state index contributed by atoms with van der Waals surface area (Å²) >= 11 is 0. The lowest BCUT2D eigenvalue weighted by atomic mass is 10.0. The molecule has 1 saturated heterocycles. The summed E-state index contributed by atoms with van der Waals surface area (Å²) in [6, 6.07) is 7.02. The fraction of sp³-hybridized carbons (Fsp3) is 0.500. The SMILES string of the molecule is COc1cc2c(=O)n(C3CCN(C)CC3)c3c(cnc4c3ccn4COCC[Si](C)(C)C)c2cc1OC. The summed E-state index contributed by atoms with van der Waals surface area (Å²) in [5, 5.41) is 3.37. The van der Waals surface area contributed by atoms with Crippen molar-refractivity contribution >= 4 is 40.8 Å². The van der Waals surface area contributed by atoms with Gasteiger partial charge in [0.1, 0.15) is 12.4 Å². The van der Waals surface area contributed by atoms with E-state index in [1.165, 1.54) is 0 Å². The van der Waals surface area contributed by atoms with Gasteiger partial charge in [0.15, 0.2) is 11.5 Å². The molecule has 198 valence electrons. The van der Waals surface area contributed by atoms with Crippen LogP contribution < -0.4 is 15.0 Å². The Morgan fingerprint density at radius 3 is 2.32 bits per heavy atom. The third-order valence-corrected chi connectivity index (χ3v) is 9.25. The Labute approximate surface area is 218 Å². The molecule has 37 heavy (non-hydrogen) atoms. The highest BCUT2D eigenvalue weighted by Crippen LogP contribution is 2.37. The number of hydrogen-bond acceptors (Lipinski definition) is 6. The molecule has 9 heteroatoms. The quantitative estimate of drug-likeness (QED) is 0.182. The van der Waals surface area contributed by atoms with Crippen LogP contribution >= 0.6 is 0 Å². The molecule has 1 aliphatic heterocycles. The Hall–Kier alpha value is -2.88. The highest BCUT2D eigenvalue weighted by Gasteiger charge is 2.25. The normalized spacial score (nSPS) is 15.7. The van der Waals surface area contributed by atoms with Gasteiger partial charge in [-0.15, -0.1) is 0 Å². The van der Waals surface area contributed by atoms with Crippen LogP contribution in [-0.4, -0.2) is 68.1 Å². The van der Waals surface area contributed by atoms with Crippen molar-refractivity contribution in [2.75, 3.05) is 41.0 Å². The lowest BCUT2D eigenvalue weighted by molar-refractivity contribution is 0.0899. The second-order valence-corrected chi connectivity index (χ2v) is 17.0. The summed E-state index contributed by atoms with van der Waals surface area (Å²) in [5.74, 6) is 1.15. The fourth-order valence-corrected chi connectivity index (χ4v) is 6.10. The molecule has 0 spiro atoms. The van der Waals surface area contributed by atoms with Crippen molar-refractivity contribution in [2.45, 2.75) is 51.3 Å². The van der Waals surface area contributed by atoms with E-state index in [1.54, 1.807) is 14.2 Å². The highest BCUT2D eigenvalue weighted by molar-refractivity contribution is 6.76. The van der Waals surface area contributed by atoms with Crippen molar-refractivity contribution in [1.82, 2.24) is 19.0 Å². The third kappa shape index (κ3) is 4.87. The number of piperidine rings is 1. The topological polar surface area (TPSA) is 70.8 Å². The predicted molar refractivity (Wildman–Crippen MR) is 152 cm³/mol. The van der Waals surface area contributed by atoms with Crippen molar-refractivity contribution in [1.29, 1.82) is 0 Å². The van der Waals surface area contributed by atoms with E-state index in [9.17, 15) is 4.79 Å². The van der Waals surface area contributed by atoms with Gasteiger partial charge in [-0.25, -0.2) is 4.98 Å². The Balaban J connectivity index is 1.70. The fourth-order valence-electron chi connectivity index (χ4n) is 5.34. The molecule has 0 radical (unpaired) electrons. The molecular formula is C28H38N4O4Si. The van der Waals surface area contributed by atoms with Gasteiger partial charge in [0.25, 0.3) is 5.56 Å². The van der Waals surface area contributed by atoms with Gasteiger partial charge in [-0.05, 0) is 57.2 Å². The molecule has 0 saturated carbocycles. The molecule has 0 unspecified atom stereocenters. The number of likely N-dealkylation sites (tertiary alicyclic amines) is 1. The van der Waals surface area contributed by atoms with Gasteiger partial charge in [-0.3, -0.25) is 4.79 Å². The minimum absolute atomic E-state index is 0.00430. The summed E-state index contributed by atoms with van der Waals surface area (Å²) < 4.78 is 21.2. The van der Waals surface area contributed by atoms with E-state index in [2.05, 4.69) is 37.7 Å². The minimum atomic E-state index is -1.16. The third-order valence-electron chi connectivity index (χ3n) is 7.54. The molecule has 0 bridgehead atoms. The van der Waals surface area contributed by atoms with Gasteiger partial charge in [-0.2, -0.15) is 0 Å². The number of benzene rings is 1. The summed E-state index contributed by atoms with van der Waals surface area (Å²) in [5.41, 5.74) is 1.77. The number of aromatic nitrogens is 3. The van der Waals surface area contributed by atoms with Gasteiger partial charge in [0.2, 0.25) is 0 Å². The van der Waals surface area contributed by atoms with E-state index >= 15 is 0 Å². The predicted octanol–water partition coefficient (Wildman–Crippen LogP) is 5.10. The molecule has 5 rings (SSSR count). The molecule has 1 aliphatic rings. The van der Waals surface area contributed by atoms with Crippen LogP contribution in [0.1, 0.15) is 18.9 Å². The van der Waals surface area contributed by atoms with Crippen molar-refractivity contribution in [2.24, 2.45) is 0 Å². The number of rotatable bonds is 8. The first-order chi connectivity index (χ1) is 17.7. The lowest BCUT2D eigenvalue weighted by Crippen LogP contribution is -2.35. The molecule has 0 aliphatic carbocycles. The summed E-state index contributed by atoms with van der Waals surface area (Å²) in [6.45, 7) is 10.2. The number of hydrogen-bond donors (Lipinski definition) is 0. The van der Waals surface area contributed by atoms with Crippen molar-refractivity contribution in [3.05, 3.63) is 40.9 Å². The average Bonchev–Trinajstić information content (AvgIpc) is 3.29. The van der Waals surface area contributed by atoms with Crippen LogP contribution in [0.3, 0.4) is 0 Å². The van der Waals surface area contributed by atoms with Crippen LogP contribution in [0.5, 0.6) is 11.5 Å². The Kier molecular flexibility index (Phi) is 7.04. The molecule has 1 fully saturated rings. The number of pyridine rings is 2. The van der Waals surface area contributed by atoms with Crippen molar-refractivity contribution in [3.8, 4) is 11.5 Å². The van der Waals surface area contributed by atoms with Gasteiger partial charge in [-0.1, -0.05) is 19.6 Å². The molecular weight excluding hydrogens is 484 g/mol. The first kappa shape index (κ1) is 25.8. The maximum atomic E-state index is 14.2. The van der Waals surface area contributed by atoms with Crippen LogP contribution in [-0.2, 0) is 11.5 Å². The number of ether oxygens (including phenoxy) is 3. The van der Waals surface area contributed by atoms with Crippen LogP contribution in [0, 0.1) is 0 Å². The molecule has 4 aromatic rings. The van der Waals surface area contributed by atoms with Gasteiger partial charge >= 0.3 is 0 Å². The Morgan fingerprint density at radius 2 is 1.68 bits per heavy atom. The second-order valence-electron chi connectivity index (χ2n) is 11.4. The second kappa shape index (κ2) is 10.1. The summed E-state index contributed by atoms with van der Waals surface area (Å²) in [7, 11) is 4.19. The largest absolute Gasteiger partial charge is 0.493 e. The first-order valence-electron chi connectivity index (χ1n) is 13.1. The zero-order valence-electron chi connectivity index (χ0n) is 22.8. The van der Waals surface area contributed by atoms with E-state index in [0.717, 1.165) is 65.9 Å². The Morgan fingerprint density at radius 1 is 1.00 bits per heavy atom. The van der Waals surface area contributed by atoms with Crippen LogP contribution in [0.2, 0.25) is 25.7 Å². The van der Waals surface area contributed by atoms with E-state index in [1.807, 2.05) is 33.7 Å². The average molecular weight is 523 g/mol. The molecule has 0 amide bonds. The summed E-state index contributed by atoms with van der Waals surface area (Å²) in [4.78, 5) is 21.3. The molecule has 0 atom stereocenters. The zero-order chi connectivity index (χ0) is 26.3.